The van der Waals surface area contributed by atoms with Gasteiger partial charge in [0.25, 0.3) is 5.91 Å². The molecule has 0 aliphatic heterocycles. The number of hydrogen-bond donors (Lipinski definition) is 1. The van der Waals surface area contributed by atoms with E-state index in [-0.39, 0.29) is 16.7 Å². The lowest BCUT2D eigenvalue weighted by Crippen LogP contribution is -2.13. The van der Waals surface area contributed by atoms with Gasteiger partial charge in [-0.05, 0) is 29.8 Å². The summed E-state index contributed by atoms with van der Waals surface area (Å²) in [7, 11) is 0. The van der Waals surface area contributed by atoms with Crippen molar-refractivity contribution in [3.8, 4) is 0 Å². The third-order valence-corrected chi connectivity index (χ3v) is 2.17. The van der Waals surface area contributed by atoms with Gasteiger partial charge >= 0.3 is 0 Å². The van der Waals surface area contributed by atoms with Gasteiger partial charge in [-0.25, -0.2) is 18.7 Å². The monoisotopic (exact) mass is 269 g/mol. The van der Waals surface area contributed by atoms with Gasteiger partial charge in [0.05, 0.1) is 0 Å². The fourth-order valence-electron chi connectivity index (χ4n) is 1.28. The smallest absolute Gasteiger partial charge is 0.257 e. The fraction of sp³-hybridized carbons (Fsp3) is 0. The average Bonchev–Trinajstić information content (AvgIpc) is 2.27. The number of hydrogen-bond acceptors (Lipinski definition) is 3. The summed E-state index contributed by atoms with van der Waals surface area (Å²) in [5, 5.41) is 2.30. The summed E-state index contributed by atoms with van der Waals surface area (Å²) in [6.07, 6.45) is 1.34. The highest BCUT2D eigenvalue weighted by atomic mass is 35.5. The van der Waals surface area contributed by atoms with Crippen molar-refractivity contribution in [1.82, 2.24) is 9.97 Å². The zero-order valence-electron chi connectivity index (χ0n) is 8.82. The van der Waals surface area contributed by atoms with E-state index in [9.17, 15) is 13.6 Å². The van der Waals surface area contributed by atoms with Crippen LogP contribution in [0.25, 0.3) is 0 Å². The van der Waals surface area contributed by atoms with Crippen LogP contribution in [0.4, 0.5) is 14.6 Å². The van der Waals surface area contributed by atoms with Gasteiger partial charge in [-0.2, -0.15) is 0 Å². The maximum Gasteiger partial charge on any atom is 0.257 e. The number of amides is 1. The van der Waals surface area contributed by atoms with Gasteiger partial charge in [0.15, 0.2) is 0 Å². The van der Waals surface area contributed by atoms with E-state index in [1.54, 1.807) is 0 Å². The first-order chi connectivity index (χ1) is 8.54. The molecule has 1 aromatic carbocycles. The van der Waals surface area contributed by atoms with Crippen LogP contribution in [0.15, 0.2) is 30.5 Å². The van der Waals surface area contributed by atoms with Crippen molar-refractivity contribution in [1.29, 1.82) is 0 Å². The van der Waals surface area contributed by atoms with Gasteiger partial charge < -0.3 is 5.32 Å². The molecule has 92 valence electrons. The van der Waals surface area contributed by atoms with E-state index >= 15 is 0 Å². The molecule has 0 saturated carbocycles. The highest BCUT2D eigenvalue weighted by Gasteiger charge is 2.10. The first-order valence-corrected chi connectivity index (χ1v) is 5.18. The molecule has 4 nitrogen and oxygen atoms in total. The Bertz CT molecular complexity index is 586. The molecule has 0 atom stereocenters. The average molecular weight is 270 g/mol. The van der Waals surface area contributed by atoms with Crippen molar-refractivity contribution < 1.29 is 13.6 Å². The third-order valence-electron chi connectivity index (χ3n) is 1.99. The molecule has 1 amide bonds. The molecule has 18 heavy (non-hydrogen) atoms. The minimum atomic E-state index is -0.833. The van der Waals surface area contributed by atoms with E-state index < -0.39 is 17.5 Å². The van der Waals surface area contributed by atoms with Crippen LogP contribution in [0.5, 0.6) is 0 Å². The quantitative estimate of drug-likeness (QED) is 0.853. The molecule has 0 fully saturated rings. The van der Waals surface area contributed by atoms with E-state index in [1.807, 2.05) is 0 Å². The van der Waals surface area contributed by atoms with Crippen LogP contribution >= 0.6 is 11.6 Å². The summed E-state index contributed by atoms with van der Waals surface area (Å²) in [5.41, 5.74) is -0.151. The lowest BCUT2D eigenvalue weighted by molar-refractivity contribution is 0.102. The molecule has 2 rings (SSSR count). The van der Waals surface area contributed by atoms with Crippen LogP contribution in [0, 0.1) is 11.6 Å². The number of carbonyl (C=O) groups excluding carboxylic acids is 1. The molecule has 0 aliphatic carbocycles. The lowest BCUT2D eigenvalue weighted by Gasteiger charge is -2.04. The Morgan fingerprint density at radius 1 is 1.22 bits per heavy atom. The Balaban J connectivity index is 2.22. The highest BCUT2D eigenvalue weighted by molar-refractivity contribution is 6.28. The maximum absolute atomic E-state index is 12.9. The minimum absolute atomic E-state index is 0.0433. The summed E-state index contributed by atoms with van der Waals surface area (Å²) in [4.78, 5) is 19.0. The van der Waals surface area contributed by atoms with Gasteiger partial charge in [-0.3, -0.25) is 4.79 Å². The molecule has 0 spiro atoms. The first kappa shape index (κ1) is 12.4. The largest absolute Gasteiger partial charge is 0.306 e. The number of anilines is 1. The number of nitrogens with zero attached hydrogens (tertiary/aromatic N) is 2. The Hall–Kier alpha value is -2.08. The van der Waals surface area contributed by atoms with Crippen molar-refractivity contribution in [3.63, 3.8) is 0 Å². The zero-order valence-corrected chi connectivity index (χ0v) is 9.58. The summed E-state index contributed by atoms with van der Waals surface area (Å²) in [6.45, 7) is 0. The van der Waals surface area contributed by atoms with E-state index in [2.05, 4.69) is 15.3 Å². The van der Waals surface area contributed by atoms with Crippen molar-refractivity contribution in [2.45, 2.75) is 0 Å². The van der Waals surface area contributed by atoms with E-state index in [0.29, 0.717) is 6.07 Å². The van der Waals surface area contributed by atoms with E-state index in [4.69, 9.17) is 11.6 Å². The molecule has 1 heterocycles. The van der Waals surface area contributed by atoms with Gasteiger partial charge in [-0.1, -0.05) is 0 Å². The minimum Gasteiger partial charge on any atom is -0.306 e. The standard InChI is InChI=1S/C11H6ClF2N3O/c12-11-15-2-1-9(17-11)16-10(18)6-3-7(13)5-8(14)4-6/h1-5H,(H,15,16,17,18). The predicted octanol–water partition coefficient (Wildman–Crippen LogP) is 2.66. The summed E-state index contributed by atoms with van der Waals surface area (Å²) >= 11 is 5.53. The van der Waals surface area contributed by atoms with Crippen molar-refractivity contribution in [2.75, 3.05) is 5.32 Å². The first-order valence-electron chi connectivity index (χ1n) is 4.80. The molecule has 1 N–H and O–H groups in total. The van der Waals surface area contributed by atoms with Crippen LogP contribution in [-0.2, 0) is 0 Å². The number of rotatable bonds is 2. The van der Waals surface area contributed by atoms with E-state index in [1.165, 1.54) is 12.3 Å². The SMILES string of the molecule is O=C(Nc1ccnc(Cl)n1)c1cc(F)cc(F)c1. The van der Waals surface area contributed by atoms with Crippen LogP contribution in [-0.4, -0.2) is 15.9 Å². The molecular weight excluding hydrogens is 264 g/mol. The molecule has 0 bridgehead atoms. The second kappa shape index (κ2) is 5.05. The molecule has 0 saturated heterocycles. The Morgan fingerprint density at radius 2 is 1.89 bits per heavy atom. The fourth-order valence-corrected chi connectivity index (χ4v) is 1.43. The van der Waals surface area contributed by atoms with Gasteiger partial charge in [-0.15, -0.1) is 0 Å². The van der Waals surface area contributed by atoms with Crippen molar-refractivity contribution >= 4 is 23.3 Å². The molecule has 1 aromatic heterocycles. The molecular formula is C11H6ClF2N3O. The molecule has 0 radical (unpaired) electrons. The highest BCUT2D eigenvalue weighted by Crippen LogP contribution is 2.11. The van der Waals surface area contributed by atoms with Crippen LogP contribution < -0.4 is 5.32 Å². The maximum atomic E-state index is 12.9. The number of carbonyl (C=O) groups is 1. The van der Waals surface area contributed by atoms with Gasteiger partial charge in [0, 0.05) is 17.8 Å². The topological polar surface area (TPSA) is 54.9 Å². The lowest BCUT2D eigenvalue weighted by atomic mass is 10.2. The Morgan fingerprint density at radius 3 is 2.50 bits per heavy atom. The molecule has 2 aromatic rings. The summed E-state index contributed by atoms with van der Waals surface area (Å²) in [5.74, 6) is -2.21. The number of aromatic nitrogens is 2. The second-order valence-corrected chi connectivity index (χ2v) is 3.66. The van der Waals surface area contributed by atoms with E-state index in [0.717, 1.165) is 12.1 Å². The summed E-state index contributed by atoms with van der Waals surface area (Å²) in [6, 6.07) is 3.92. The van der Waals surface area contributed by atoms with Crippen molar-refractivity contribution in [3.05, 3.63) is 52.9 Å². The Kier molecular flexibility index (Phi) is 3.47. The molecule has 0 unspecified atom stereocenters. The van der Waals surface area contributed by atoms with Crippen LogP contribution in [0.2, 0.25) is 5.28 Å². The zero-order chi connectivity index (χ0) is 13.1. The number of halogens is 3. The van der Waals surface area contributed by atoms with Crippen LogP contribution in [0.1, 0.15) is 10.4 Å². The summed E-state index contributed by atoms with van der Waals surface area (Å²) < 4.78 is 25.8. The van der Waals surface area contributed by atoms with Gasteiger partial charge in [0.1, 0.15) is 17.5 Å². The predicted molar refractivity (Wildman–Crippen MR) is 61.4 cm³/mol. The van der Waals surface area contributed by atoms with Gasteiger partial charge in [0.2, 0.25) is 5.28 Å². The normalized spacial score (nSPS) is 10.2. The Labute approximate surface area is 106 Å². The number of benzene rings is 1. The molecule has 7 heteroatoms. The van der Waals surface area contributed by atoms with Crippen molar-refractivity contribution in [2.24, 2.45) is 0 Å². The number of nitrogens with one attached hydrogen (secondary N) is 1. The van der Waals surface area contributed by atoms with Crippen LogP contribution in [0.3, 0.4) is 0 Å². The molecule has 0 aliphatic rings. The second-order valence-electron chi connectivity index (χ2n) is 3.32. The third kappa shape index (κ3) is 2.98.